The van der Waals surface area contributed by atoms with E-state index in [0.29, 0.717) is 17.8 Å². The number of hydrogen-bond acceptors (Lipinski definition) is 4. The van der Waals surface area contributed by atoms with Gasteiger partial charge in [0.1, 0.15) is 6.04 Å². The predicted molar refractivity (Wildman–Crippen MR) is 109 cm³/mol. The summed E-state index contributed by atoms with van der Waals surface area (Å²) in [6.07, 6.45) is 1.49. The van der Waals surface area contributed by atoms with Crippen molar-refractivity contribution in [1.29, 1.82) is 0 Å². The third-order valence-electron chi connectivity index (χ3n) is 4.33. The standard InChI is InChI=1S/C19H20BrN3O3S/c1-12(22-19(26)15-8-9-16(20)27-15)18(25)21-11-13-4-6-14(7-5-13)23-10-2-3-17(23)24/h4-9,12H,2-3,10-11H2,1H3,(H,21,25)(H,22,26). The lowest BCUT2D eigenvalue weighted by atomic mass is 10.2. The maximum atomic E-state index is 12.2. The molecule has 1 fully saturated rings. The van der Waals surface area contributed by atoms with Gasteiger partial charge in [0.2, 0.25) is 11.8 Å². The highest BCUT2D eigenvalue weighted by molar-refractivity contribution is 9.11. The zero-order valence-corrected chi connectivity index (χ0v) is 17.2. The van der Waals surface area contributed by atoms with Gasteiger partial charge in [-0.05, 0) is 59.1 Å². The van der Waals surface area contributed by atoms with Crippen LogP contribution in [0.4, 0.5) is 5.69 Å². The molecule has 0 radical (unpaired) electrons. The van der Waals surface area contributed by atoms with E-state index >= 15 is 0 Å². The minimum absolute atomic E-state index is 0.151. The van der Waals surface area contributed by atoms with Crippen molar-refractivity contribution in [2.24, 2.45) is 0 Å². The van der Waals surface area contributed by atoms with Gasteiger partial charge in [0.05, 0.1) is 8.66 Å². The van der Waals surface area contributed by atoms with Crippen LogP contribution in [0.2, 0.25) is 0 Å². The molecule has 2 N–H and O–H groups in total. The molecule has 0 saturated carbocycles. The molecule has 3 rings (SSSR count). The molecule has 1 aliphatic rings. The third-order valence-corrected chi connectivity index (χ3v) is 5.95. The molecule has 27 heavy (non-hydrogen) atoms. The Labute approximate surface area is 170 Å². The Balaban J connectivity index is 1.49. The smallest absolute Gasteiger partial charge is 0.262 e. The Morgan fingerprint density at radius 3 is 2.56 bits per heavy atom. The summed E-state index contributed by atoms with van der Waals surface area (Å²) in [5.74, 6) is -0.371. The Morgan fingerprint density at radius 1 is 1.22 bits per heavy atom. The third kappa shape index (κ3) is 4.95. The summed E-state index contributed by atoms with van der Waals surface area (Å²) in [6.45, 7) is 2.77. The number of nitrogens with zero attached hydrogens (tertiary/aromatic N) is 1. The summed E-state index contributed by atoms with van der Waals surface area (Å²) in [4.78, 5) is 38.4. The molecule has 142 valence electrons. The first-order chi connectivity index (χ1) is 12.9. The molecule has 1 atom stereocenters. The Hall–Kier alpha value is -2.19. The van der Waals surface area contributed by atoms with E-state index in [1.807, 2.05) is 24.3 Å². The van der Waals surface area contributed by atoms with Crippen LogP contribution in [0.25, 0.3) is 0 Å². The number of nitrogens with one attached hydrogen (secondary N) is 2. The summed E-state index contributed by atoms with van der Waals surface area (Å²) >= 11 is 4.63. The minimum Gasteiger partial charge on any atom is -0.350 e. The van der Waals surface area contributed by atoms with Gasteiger partial charge in [-0.15, -0.1) is 11.3 Å². The number of halogens is 1. The molecule has 2 aromatic rings. The van der Waals surface area contributed by atoms with Crippen LogP contribution in [0.5, 0.6) is 0 Å². The van der Waals surface area contributed by atoms with Gasteiger partial charge in [-0.25, -0.2) is 0 Å². The molecule has 1 aromatic heterocycles. The van der Waals surface area contributed by atoms with Crippen LogP contribution in [0.15, 0.2) is 40.2 Å². The van der Waals surface area contributed by atoms with Crippen LogP contribution < -0.4 is 15.5 Å². The van der Waals surface area contributed by atoms with Crippen molar-refractivity contribution in [3.8, 4) is 0 Å². The van der Waals surface area contributed by atoms with Crippen molar-refractivity contribution in [2.75, 3.05) is 11.4 Å². The van der Waals surface area contributed by atoms with Crippen molar-refractivity contribution < 1.29 is 14.4 Å². The molecule has 1 aromatic carbocycles. The number of hydrogen-bond donors (Lipinski definition) is 2. The molecule has 1 unspecified atom stereocenters. The largest absolute Gasteiger partial charge is 0.350 e. The van der Waals surface area contributed by atoms with Crippen molar-refractivity contribution in [2.45, 2.75) is 32.4 Å². The first kappa shape index (κ1) is 19.6. The van der Waals surface area contributed by atoms with Gasteiger partial charge in [0.25, 0.3) is 5.91 Å². The summed E-state index contributed by atoms with van der Waals surface area (Å²) < 4.78 is 0.865. The fraction of sp³-hybridized carbons (Fsp3) is 0.316. The number of carbonyl (C=O) groups is 3. The average molecular weight is 450 g/mol. The highest BCUT2D eigenvalue weighted by Crippen LogP contribution is 2.22. The van der Waals surface area contributed by atoms with Crippen LogP contribution in [0.1, 0.15) is 35.0 Å². The lowest BCUT2D eigenvalue weighted by Gasteiger charge is -2.16. The predicted octanol–water partition coefficient (Wildman–Crippen LogP) is 3.07. The highest BCUT2D eigenvalue weighted by atomic mass is 79.9. The van der Waals surface area contributed by atoms with E-state index < -0.39 is 6.04 Å². The summed E-state index contributed by atoms with van der Waals surface area (Å²) in [7, 11) is 0. The lowest BCUT2D eigenvalue weighted by molar-refractivity contribution is -0.122. The molecule has 0 aliphatic carbocycles. The molecule has 1 saturated heterocycles. The number of anilines is 1. The molecule has 8 heteroatoms. The monoisotopic (exact) mass is 449 g/mol. The number of carbonyl (C=O) groups excluding carboxylic acids is 3. The van der Waals surface area contributed by atoms with Gasteiger partial charge in [0.15, 0.2) is 0 Å². The average Bonchev–Trinajstić information content (AvgIpc) is 3.28. The van der Waals surface area contributed by atoms with Crippen molar-refractivity contribution in [3.63, 3.8) is 0 Å². The van der Waals surface area contributed by atoms with Crippen LogP contribution >= 0.6 is 27.3 Å². The SMILES string of the molecule is CC(NC(=O)c1ccc(Br)s1)C(=O)NCc1ccc(N2CCCC2=O)cc1. The number of rotatable bonds is 6. The Bertz CT molecular complexity index is 850. The van der Waals surface area contributed by atoms with Gasteiger partial charge in [-0.2, -0.15) is 0 Å². The fourth-order valence-electron chi connectivity index (χ4n) is 2.83. The molecule has 0 bridgehead atoms. The van der Waals surface area contributed by atoms with Crippen molar-refractivity contribution in [1.82, 2.24) is 10.6 Å². The Morgan fingerprint density at radius 2 is 1.96 bits per heavy atom. The van der Waals surface area contributed by atoms with Crippen LogP contribution in [-0.2, 0) is 16.1 Å². The van der Waals surface area contributed by atoms with Gasteiger partial charge >= 0.3 is 0 Å². The zero-order chi connectivity index (χ0) is 19.4. The Kier molecular flexibility index (Phi) is 6.28. The fourth-order valence-corrected chi connectivity index (χ4v) is 4.12. The van der Waals surface area contributed by atoms with E-state index in [4.69, 9.17) is 0 Å². The topological polar surface area (TPSA) is 78.5 Å². The van der Waals surface area contributed by atoms with Crippen LogP contribution in [-0.4, -0.2) is 30.3 Å². The maximum absolute atomic E-state index is 12.2. The highest BCUT2D eigenvalue weighted by Gasteiger charge is 2.21. The molecule has 2 heterocycles. The van der Waals surface area contributed by atoms with E-state index in [1.165, 1.54) is 11.3 Å². The number of benzene rings is 1. The molecular formula is C19H20BrN3O3S. The van der Waals surface area contributed by atoms with Crippen molar-refractivity contribution >= 4 is 50.7 Å². The van der Waals surface area contributed by atoms with Crippen molar-refractivity contribution in [3.05, 3.63) is 50.6 Å². The zero-order valence-electron chi connectivity index (χ0n) is 14.8. The minimum atomic E-state index is -0.639. The molecular weight excluding hydrogens is 430 g/mol. The second-order valence-corrected chi connectivity index (χ2v) is 8.80. The van der Waals surface area contributed by atoms with Gasteiger partial charge in [-0.3, -0.25) is 14.4 Å². The molecule has 6 nitrogen and oxygen atoms in total. The van der Waals surface area contributed by atoms with E-state index in [0.717, 1.165) is 28.0 Å². The maximum Gasteiger partial charge on any atom is 0.262 e. The van der Waals surface area contributed by atoms with E-state index in [2.05, 4.69) is 26.6 Å². The normalized spacial score (nSPS) is 14.9. The van der Waals surface area contributed by atoms with Gasteiger partial charge < -0.3 is 15.5 Å². The van der Waals surface area contributed by atoms with E-state index in [9.17, 15) is 14.4 Å². The summed E-state index contributed by atoms with van der Waals surface area (Å²) in [6, 6.07) is 10.4. The molecule has 0 spiro atoms. The summed E-state index contributed by atoms with van der Waals surface area (Å²) in [5, 5.41) is 5.51. The van der Waals surface area contributed by atoms with Crippen LogP contribution in [0, 0.1) is 0 Å². The second kappa shape index (κ2) is 8.67. The van der Waals surface area contributed by atoms with Gasteiger partial charge in [-0.1, -0.05) is 12.1 Å². The quantitative estimate of drug-likeness (QED) is 0.710. The van der Waals surface area contributed by atoms with Gasteiger partial charge in [0, 0.05) is 25.2 Å². The molecule has 3 amide bonds. The first-order valence-electron chi connectivity index (χ1n) is 8.67. The van der Waals surface area contributed by atoms with Crippen LogP contribution in [0.3, 0.4) is 0 Å². The first-order valence-corrected chi connectivity index (χ1v) is 10.3. The van der Waals surface area contributed by atoms with E-state index in [-0.39, 0.29) is 17.7 Å². The number of amides is 3. The second-order valence-electron chi connectivity index (χ2n) is 6.33. The number of thiophene rings is 1. The van der Waals surface area contributed by atoms with E-state index in [1.54, 1.807) is 24.0 Å². The lowest BCUT2D eigenvalue weighted by Crippen LogP contribution is -2.44. The summed E-state index contributed by atoms with van der Waals surface area (Å²) in [5.41, 5.74) is 1.81. The molecule has 1 aliphatic heterocycles.